The van der Waals surface area contributed by atoms with Gasteiger partial charge in [-0.15, -0.1) is 0 Å². The molecule has 0 aromatic heterocycles. The number of hydrogen-bond donors (Lipinski definition) is 0. The Balaban J connectivity index is 1.43. The van der Waals surface area contributed by atoms with Crippen molar-refractivity contribution in [3.8, 4) is 0 Å². The molecule has 176 valence electrons. The van der Waals surface area contributed by atoms with E-state index in [9.17, 15) is 0 Å². The van der Waals surface area contributed by atoms with Crippen molar-refractivity contribution in [1.29, 1.82) is 0 Å². The first-order chi connectivity index (χ1) is 14.2. The van der Waals surface area contributed by atoms with Gasteiger partial charge in [-0.1, -0.05) is 55.4 Å². The van der Waals surface area contributed by atoms with Crippen molar-refractivity contribution < 1.29 is 4.74 Å². The van der Waals surface area contributed by atoms with E-state index < -0.39 is 0 Å². The second-order valence-electron chi connectivity index (χ2n) is 15.9. The van der Waals surface area contributed by atoms with Crippen molar-refractivity contribution in [2.45, 2.75) is 138 Å². The lowest BCUT2D eigenvalue weighted by Crippen LogP contribution is -2.70. The van der Waals surface area contributed by atoms with Crippen LogP contribution in [0.3, 0.4) is 0 Å². The molecule has 4 saturated carbocycles. The molecule has 0 aromatic rings. The summed E-state index contributed by atoms with van der Waals surface area (Å²) in [6, 6.07) is 0. The lowest BCUT2D eigenvalue weighted by atomic mass is 9.30. The predicted octanol–water partition coefficient (Wildman–Crippen LogP) is 8.41. The Morgan fingerprint density at radius 2 is 1.13 bits per heavy atom. The summed E-state index contributed by atoms with van der Waals surface area (Å²) in [6.45, 7) is 21.2. The van der Waals surface area contributed by atoms with Crippen LogP contribution in [0.1, 0.15) is 126 Å². The normalized spacial score (nSPS) is 61.2. The molecular formula is C30H50O. The molecule has 1 heteroatoms. The summed E-state index contributed by atoms with van der Waals surface area (Å²) in [7, 11) is 0. The van der Waals surface area contributed by atoms with E-state index in [0.29, 0.717) is 38.6 Å². The van der Waals surface area contributed by atoms with Crippen LogP contribution in [0, 0.1) is 50.2 Å². The van der Waals surface area contributed by atoms with E-state index in [0.717, 1.165) is 17.8 Å². The minimum absolute atomic E-state index is 0.182. The first-order valence-electron chi connectivity index (χ1n) is 13.9. The van der Waals surface area contributed by atoms with E-state index in [2.05, 4.69) is 55.4 Å². The van der Waals surface area contributed by atoms with Crippen molar-refractivity contribution >= 4 is 0 Å². The molecule has 0 aromatic carbocycles. The van der Waals surface area contributed by atoms with E-state index in [1.165, 1.54) is 70.6 Å². The van der Waals surface area contributed by atoms with E-state index >= 15 is 0 Å². The second kappa shape index (κ2) is 5.78. The Labute approximate surface area is 192 Å². The molecule has 1 nitrogen and oxygen atoms in total. The van der Waals surface area contributed by atoms with E-state index in [1.54, 1.807) is 0 Å². The largest absolute Gasteiger partial charge is 0.370 e. The summed E-state index contributed by atoms with van der Waals surface area (Å²) < 4.78 is 7.17. The maximum atomic E-state index is 7.17. The average Bonchev–Trinajstić information content (AvgIpc) is 3.22. The maximum absolute atomic E-state index is 7.17. The second-order valence-corrected chi connectivity index (χ2v) is 15.9. The van der Waals surface area contributed by atoms with Crippen LogP contribution in [0.15, 0.2) is 0 Å². The SMILES string of the molecule is CC1(C)CC[C@]2(C)CC[C@]3(C)[C@H]4CC[C@@H]5C(C)(C)[C@@H]6CC[C@]5(O6)[C@]4(C)CC[C@@]3(C)[C@@H]2C1. The molecular weight excluding hydrogens is 376 g/mol. The summed E-state index contributed by atoms with van der Waals surface area (Å²) >= 11 is 0. The van der Waals surface area contributed by atoms with Gasteiger partial charge < -0.3 is 4.74 Å². The van der Waals surface area contributed by atoms with E-state index in [-0.39, 0.29) is 5.60 Å². The third kappa shape index (κ3) is 2.25. The van der Waals surface area contributed by atoms with E-state index in [1.807, 2.05) is 0 Å². The predicted molar refractivity (Wildman–Crippen MR) is 129 cm³/mol. The lowest BCUT2D eigenvalue weighted by Gasteiger charge is -2.74. The fraction of sp³-hybridized carbons (Fsp3) is 1.00. The van der Waals surface area contributed by atoms with Crippen molar-refractivity contribution in [1.82, 2.24) is 0 Å². The fourth-order valence-corrected chi connectivity index (χ4v) is 11.9. The van der Waals surface area contributed by atoms with Crippen LogP contribution in [0.4, 0.5) is 0 Å². The zero-order valence-corrected chi connectivity index (χ0v) is 22.0. The van der Waals surface area contributed by atoms with Crippen LogP contribution in [-0.4, -0.2) is 11.7 Å². The van der Waals surface area contributed by atoms with Crippen LogP contribution in [0.2, 0.25) is 0 Å². The highest BCUT2D eigenvalue weighted by Gasteiger charge is 2.77. The molecule has 6 aliphatic rings. The lowest BCUT2D eigenvalue weighted by molar-refractivity contribution is -0.273. The van der Waals surface area contributed by atoms with Crippen molar-refractivity contribution in [3.63, 3.8) is 0 Å². The van der Waals surface area contributed by atoms with Gasteiger partial charge in [0.2, 0.25) is 0 Å². The monoisotopic (exact) mass is 426 g/mol. The van der Waals surface area contributed by atoms with Gasteiger partial charge in [0.25, 0.3) is 0 Å². The van der Waals surface area contributed by atoms with Crippen molar-refractivity contribution in [2.75, 3.05) is 0 Å². The number of fused-ring (bicyclic) bond motifs is 6. The molecule has 2 heterocycles. The highest BCUT2D eigenvalue weighted by atomic mass is 16.5. The van der Waals surface area contributed by atoms with Gasteiger partial charge in [-0.2, -0.15) is 0 Å². The Morgan fingerprint density at radius 1 is 0.548 bits per heavy atom. The van der Waals surface area contributed by atoms with Gasteiger partial charge in [0.15, 0.2) is 0 Å². The summed E-state index contributed by atoms with van der Waals surface area (Å²) in [5, 5.41) is 0. The number of ether oxygens (including phenoxy) is 1. The van der Waals surface area contributed by atoms with Gasteiger partial charge in [0.05, 0.1) is 11.7 Å². The highest BCUT2D eigenvalue weighted by molar-refractivity contribution is 5.26. The summed E-state index contributed by atoms with van der Waals surface area (Å²) in [6.07, 6.45) is 16.2. The van der Waals surface area contributed by atoms with Crippen molar-refractivity contribution in [2.24, 2.45) is 50.2 Å². The first kappa shape index (κ1) is 21.5. The maximum Gasteiger partial charge on any atom is 0.0777 e. The van der Waals surface area contributed by atoms with Crippen LogP contribution in [0.25, 0.3) is 0 Å². The summed E-state index contributed by atoms with van der Waals surface area (Å²) in [4.78, 5) is 0. The molecule has 1 spiro atoms. The first-order valence-corrected chi connectivity index (χ1v) is 13.9. The Bertz CT molecular complexity index is 796. The van der Waals surface area contributed by atoms with Crippen LogP contribution < -0.4 is 0 Å². The molecule has 0 amide bonds. The Morgan fingerprint density at radius 3 is 1.87 bits per heavy atom. The zero-order chi connectivity index (χ0) is 22.3. The highest BCUT2D eigenvalue weighted by Crippen LogP contribution is 2.80. The quantitative estimate of drug-likeness (QED) is 0.378. The molecule has 0 N–H and O–H groups in total. The molecule has 4 aliphatic carbocycles. The molecule has 0 radical (unpaired) electrons. The molecule has 2 aliphatic heterocycles. The summed E-state index contributed by atoms with van der Waals surface area (Å²) in [5.41, 5.74) is 3.03. The van der Waals surface area contributed by atoms with Crippen LogP contribution in [0.5, 0.6) is 0 Å². The molecule has 0 unspecified atom stereocenters. The fourth-order valence-electron chi connectivity index (χ4n) is 11.9. The Hall–Kier alpha value is -0.0400. The van der Waals surface area contributed by atoms with Gasteiger partial charge in [-0.05, 0) is 115 Å². The third-order valence-electron chi connectivity index (χ3n) is 14.1. The average molecular weight is 427 g/mol. The summed E-state index contributed by atoms with van der Waals surface area (Å²) in [5.74, 6) is 2.53. The van der Waals surface area contributed by atoms with Gasteiger partial charge >= 0.3 is 0 Å². The number of rotatable bonds is 0. The topological polar surface area (TPSA) is 9.23 Å². The molecule has 2 saturated heterocycles. The standard InChI is InChI=1S/C30H50O/c1-24(2)13-14-26(5)15-16-27(6)21-10-9-20-25(3,4)23-11-12-30(20,31-23)29(21,8)18-17-28(27,7)22(26)19-24/h20-23H,9-19H2,1-8H3/t20-,21-,22-,23+,26-,27-,28+,29-,30-/m1/s1. The molecule has 31 heavy (non-hydrogen) atoms. The Kier molecular flexibility index (Phi) is 4.00. The van der Waals surface area contributed by atoms with Gasteiger partial charge in [-0.25, -0.2) is 0 Å². The molecule has 6 rings (SSSR count). The van der Waals surface area contributed by atoms with Crippen LogP contribution in [-0.2, 0) is 4.74 Å². The molecule has 9 atom stereocenters. The van der Waals surface area contributed by atoms with Gasteiger partial charge in [0.1, 0.15) is 0 Å². The smallest absolute Gasteiger partial charge is 0.0777 e. The molecule has 6 fully saturated rings. The third-order valence-corrected chi connectivity index (χ3v) is 14.1. The number of hydrogen-bond acceptors (Lipinski definition) is 1. The zero-order valence-electron chi connectivity index (χ0n) is 22.0. The van der Waals surface area contributed by atoms with Crippen molar-refractivity contribution in [3.05, 3.63) is 0 Å². The minimum atomic E-state index is 0.182. The molecule has 2 bridgehead atoms. The van der Waals surface area contributed by atoms with Crippen LogP contribution >= 0.6 is 0 Å². The van der Waals surface area contributed by atoms with Gasteiger partial charge in [0, 0.05) is 5.41 Å². The van der Waals surface area contributed by atoms with E-state index in [4.69, 9.17) is 4.74 Å². The van der Waals surface area contributed by atoms with Gasteiger partial charge in [-0.3, -0.25) is 0 Å². The minimum Gasteiger partial charge on any atom is -0.370 e.